The SMILES string of the molecule is CC1CCN(S(=O)(=O)c2ccc(C(=O)N(/N=C/c3ccc([N+](=O)[O-])cc3)c3nc4ccc(F)cc4s3)cc2)CC1. The quantitative estimate of drug-likeness (QED) is 0.162. The summed E-state index contributed by atoms with van der Waals surface area (Å²) in [4.78, 5) is 28.6. The van der Waals surface area contributed by atoms with E-state index in [0.29, 0.717) is 34.8 Å². The molecule has 0 atom stereocenters. The number of fused-ring (bicyclic) bond motifs is 1. The molecule has 1 fully saturated rings. The number of hydrazone groups is 1. The van der Waals surface area contributed by atoms with Crippen LogP contribution in [0, 0.1) is 21.8 Å². The fraction of sp³-hybridized carbons (Fsp3) is 0.222. The molecule has 40 heavy (non-hydrogen) atoms. The summed E-state index contributed by atoms with van der Waals surface area (Å²) >= 11 is 1.06. The van der Waals surface area contributed by atoms with Gasteiger partial charge in [-0.15, -0.1) is 0 Å². The third-order valence-corrected chi connectivity index (χ3v) is 9.53. The minimum absolute atomic E-state index is 0.0904. The van der Waals surface area contributed by atoms with E-state index in [9.17, 15) is 27.7 Å². The van der Waals surface area contributed by atoms with Gasteiger partial charge in [-0.3, -0.25) is 14.9 Å². The molecule has 0 unspecified atom stereocenters. The number of anilines is 1. The zero-order valence-corrected chi connectivity index (χ0v) is 22.9. The first-order valence-corrected chi connectivity index (χ1v) is 14.7. The zero-order valence-electron chi connectivity index (χ0n) is 21.3. The van der Waals surface area contributed by atoms with Gasteiger partial charge in [0.1, 0.15) is 5.82 Å². The van der Waals surface area contributed by atoms with Crippen LogP contribution in [0.2, 0.25) is 0 Å². The summed E-state index contributed by atoms with van der Waals surface area (Å²) in [5.74, 6) is -0.564. The molecule has 0 aliphatic carbocycles. The van der Waals surface area contributed by atoms with Crippen LogP contribution in [0.1, 0.15) is 35.7 Å². The van der Waals surface area contributed by atoms with Crippen LogP contribution >= 0.6 is 11.3 Å². The van der Waals surface area contributed by atoms with E-state index in [4.69, 9.17) is 0 Å². The fourth-order valence-corrected chi connectivity index (χ4v) is 6.65. The number of hydrogen-bond donors (Lipinski definition) is 0. The van der Waals surface area contributed by atoms with Crippen LogP contribution in [0.15, 0.2) is 76.7 Å². The molecule has 1 aromatic heterocycles. The van der Waals surface area contributed by atoms with Gasteiger partial charge in [-0.25, -0.2) is 17.8 Å². The molecule has 2 heterocycles. The van der Waals surface area contributed by atoms with Crippen molar-refractivity contribution in [2.45, 2.75) is 24.7 Å². The summed E-state index contributed by atoms with van der Waals surface area (Å²) in [6.07, 6.45) is 2.94. The fourth-order valence-electron chi connectivity index (χ4n) is 4.24. The lowest BCUT2D eigenvalue weighted by Gasteiger charge is -2.29. The van der Waals surface area contributed by atoms with Gasteiger partial charge >= 0.3 is 0 Å². The predicted molar refractivity (Wildman–Crippen MR) is 151 cm³/mol. The molecule has 1 saturated heterocycles. The largest absolute Gasteiger partial charge is 0.280 e. The summed E-state index contributed by atoms with van der Waals surface area (Å²) in [7, 11) is -3.69. The van der Waals surface area contributed by atoms with Crippen molar-refractivity contribution in [1.29, 1.82) is 0 Å². The van der Waals surface area contributed by atoms with E-state index in [2.05, 4.69) is 17.0 Å². The van der Waals surface area contributed by atoms with Gasteiger partial charge in [0.15, 0.2) is 0 Å². The first-order chi connectivity index (χ1) is 19.1. The van der Waals surface area contributed by atoms with E-state index in [1.807, 2.05) is 0 Å². The number of aromatic nitrogens is 1. The van der Waals surface area contributed by atoms with Crippen LogP contribution in [0.5, 0.6) is 0 Å². The Bertz CT molecular complexity index is 1700. The second kappa shape index (κ2) is 11.2. The Kier molecular flexibility index (Phi) is 7.70. The van der Waals surface area contributed by atoms with Crippen LogP contribution in [0.3, 0.4) is 0 Å². The highest BCUT2D eigenvalue weighted by atomic mass is 32.2. The number of carbonyl (C=O) groups is 1. The zero-order chi connectivity index (χ0) is 28.4. The van der Waals surface area contributed by atoms with Crippen LogP contribution in [0.25, 0.3) is 10.2 Å². The van der Waals surface area contributed by atoms with Crippen molar-refractivity contribution < 1.29 is 22.5 Å². The standard InChI is InChI=1S/C27H24FN5O5S2/c1-18-12-14-31(15-13-18)40(37,38)23-9-4-20(5-10-23)26(34)32(27-30-24-11-6-21(28)16-25(24)39-27)29-17-19-2-7-22(8-3-19)33(35)36/h2-11,16-18H,12-15H2,1H3/b29-17+. The van der Waals surface area contributed by atoms with Gasteiger partial charge in [-0.05, 0) is 78.9 Å². The number of benzene rings is 3. The number of nitro benzene ring substituents is 1. The van der Waals surface area contributed by atoms with E-state index in [-0.39, 0.29) is 21.3 Å². The van der Waals surface area contributed by atoms with E-state index in [1.54, 1.807) is 0 Å². The monoisotopic (exact) mass is 581 g/mol. The number of amides is 1. The Morgan fingerprint density at radius 3 is 2.45 bits per heavy atom. The van der Waals surface area contributed by atoms with Crippen LogP contribution in [0.4, 0.5) is 15.2 Å². The van der Waals surface area contributed by atoms with Gasteiger partial charge in [0.2, 0.25) is 15.2 Å². The highest BCUT2D eigenvalue weighted by molar-refractivity contribution is 7.89. The molecule has 1 aliphatic rings. The van der Waals surface area contributed by atoms with Gasteiger partial charge in [0, 0.05) is 30.8 Å². The maximum absolute atomic E-state index is 13.8. The molecular formula is C27H24FN5O5S2. The van der Waals surface area contributed by atoms with E-state index < -0.39 is 26.7 Å². The molecule has 0 bridgehead atoms. The Morgan fingerprint density at radius 1 is 1.12 bits per heavy atom. The average Bonchev–Trinajstić information content (AvgIpc) is 3.36. The number of halogens is 1. The molecular weight excluding hydrogens is 557 g/mol. The summed E-state index contributed by atoms with van der Waals surface area (Å²) in [6, 6.07) is 15.3. The molecule has 10 nitrogen and oxygen atoms in total. The van der Waals surface area contributed by atoms with Gasteiger partial charge in [0.05, 0.1) is 26.3 Å². The Labute approximate surface area is 233 Å². The topological polar surface area (TPSA) is 126 Å². The number of nitrogens with zero attached hydrogens (tertiary/aromatic N) is 5. The molecule has 3 aromatic carbocycles. The van der Waals surface area contributed by atoms with Crippen molar-refractivity contribution in [2.75, 3.05) is 18.1 Å². The third kappa shape index (κ3) is 5.76. The molecule has 0 saturated carbocycles. The highest BCUT2D eigenvalue weighted by Gasteiger charge is 2.29. The van der Waals surface area contributed by atoms with Crippen molar-refractivity contribution in [3.05, 3.63) is 93.8 Å². The van der Waals surface area contributed by atoms with Crippen molar-refractivity contribution in [3.63, 3.8) is 0 Å². The van der Waals surface area contributed by atoms with Gasteiger partial charge in [-0.2, -0.15) is 14.4 Å². The van der Waals surface area contributed by atoms with Gasteiger partial charge < -0.3 is 0 Å². The Balaban J connectivity index is 1.45. The second-order valence-electron chi connectivity index (χ2n) is 9.43. The van der Waals surface area contributed by atoms with Crippen LogP contribution < -0.4 is 5.01 Å². The molecule has 5 rings (SSSR count). The van der Waals surface area contributed by atoms with E-state index in [1.165, 1.54) is 77.2 Å². The number of carbonyl (C=O) groups excluding carboxylic acids is 1. The molecule has 206 valence electrons. The van der Waals surface area contributed by atoms with Crippen molar-refractivity contribution in [1.82, 2.24) is 9.29 Å². The van der Waals surface area contributed by atoms with Crippen LogP contribution in [-0.4, -0.2) is 47.8 Å². The molecule has 1 aliphatic heterocycles. The minimum Gasteiger partial charge on any atom is -0.267 e. The first-order valence-electron chi connectivity index (χ1n) is 12.4. The Hall–Kier alpha value is -4.07. The maximum Gasteiger partial charge on any atom is 0.280 e. The van der Waals surface area contributed by atoms with Gasteiger partial charge in [0.25, 0.3) is 11.6 Å². The normalized spacial score (nSPS) is 15.1. The molecule has 4 aromatic rings. The third-order valence-electron chi connectivity index (χ3n) is 6.62. The summed E-state index contributed by atoms with van der Waals surface area (Å²) in [6.45, 7) is 3.00. The number of non-ortho nitro benzene ring substituents is 1. The lowest BCUT2D eigenvalue weighted by atomic mass is 10.0. The van der Waals surface area contributed by atoms with Gasteiger partial charge in [-0.1, -0.05) is 18.3 Å². The van der Waals surface area contributed by atoms with Crippen molar-refractivity contribution in [3.8, 4) is 0 Å². The minimum atomic E-state index is -3.69. The first kappa shape index (κ1) is 27.5. The number of piperidine rings is 1. The molecule has 0 N–H and O–H groups in total. The smallest absolute Gasteiger partial charge is 0.267 e. The van der Waals surface area contributed by atoms with Crippen molar-refractivity contribution >= 4 is 54.5 Å². The summed E-state index contributed by atoms with van der Waals surface area (Å²) in [5.41, 5.74) is 1.04. The maximum atomic E-state index is 13.8. The highest BCUT2D eigenvalue weighted by Crippen LogP contribution is 2.31. The average molecular weight is 582 g/mol. The predicted octanol–water partition coefficient (Wildman–Crippen LogP) is 5.45. The Morgan fingerprint density at radius 2 is 1.80 bits per heavy atom. The summed E-state index contributed by atoms with van der Waals surface area (Å²) in [5, 5.41) is 16.5. The number of hydrogen-bond acceptors (Lipinski definition) is 8. The number of nitro groups is 1. The summed E-state index contributed by atoms with van der Waals surface area (Å²) < 4.78 is 42.0. The van der Waals surface area contributed by atoms with E-state index >= 15 is 0 Å². The lowest BCUT2D eigenvalue weighted by molar-refractivity contribution is -0.384. The van der Waals surface area contributed by atoms with E-state index in [0.717, 1.165) is 29.2 Å². The van der Waals surface area contributed by atoms with Crippen molar-refractivity contribution in [2.24, 2.45) is 11.0 Å². The lowest BCUT2D eigenvalue weighted by Crippen LogP contribution is -2.37. The number of sulfonamides is 1. The van der Waals surface area contributed by atoms with Crippen LogP contribution in [-0.2, 0) is 10.0 Å². The number of rotatable bonds is 7. The molecule has 1 amide bonds. The number of thiazole rings is 1. The molecule has 0 radical (unpaired) electrons. The molecule has 0 spiro atoms. The molecule has 13 heteroatoms. The second-order valence-corrected chi connectivity index (χ2v) is 12.4.